The fraction of sp³-hybridized carbons (Fsp3) is 0.462. The maximum absolute atomic E-state index is 11.8. The quantitative estimate of drug-likeness (QED) is 0.870. The maximum Gasteiger partial charge on any atom is 0.415 e. The molecule has 1 aliphatic heterocycles. The predicted molar refractivity (Wildman–Crippen MR) is 63.8 cm³/mol. The summed E-state index contributed by atoms with van der Waals surface area (Å²) >= 11 is 0. The van der Waals surface area contributed by atoms with Crippen LogP contribution in [0, 0.1) is 5.92 Å². The number of carbonyl (C=O) groups is 1. The maximum atomic E-state index is 11.8. The lowest BCUT2D eigenvalue weighted by Gasteiger charge is -2.15. The van der Waals surface area contributed by atoms with Crippen LogP contribution < -0.4 is 4.74 Å². The minimum Gasteiger partial charge on any atom is -0.410 e. The van der Waals surface area contributed by atoms with Crippen molar-refractivity contribution in [3.63, 3.8) is 0 Å². The molecule has 1 aromatic carbocycles. The average Bonchev–Trinajstić information content (AvgIpc) is 2.79. The Kier molecular flexibility index (Phi) is 3.98. The number of amides is 1. The number of benzene rings is 1. The molecule has 0 aliphatic carbocycles. The lowest BCUT2D eigenvalue weighted by atomic mass is 10.1. The number of likely N-dealkylation sites (tertiary alicyclic amines) is 1. The standard InChI is InChI=1S/C13H17NO3/c15-9-7-11-6-8-14(10-11)13(16)17-12-4-2-1-3-5-12/h1-5,11,15H,6-10H2. The van der Waals surface area contributed by atoms with Crippen molar-refractivity contribution in [1.29, 1.82) is 0 Å². The normalized spacial score (nSPS) is 19.4. The molecule has 1 amide bonds. The minimum atomic E-state index is -0.295. The summed E-state index contributed by atoms with van der Waals surface area (Å²) in [7, 11) is 0. The molecule has 0 radical (unpaired) electrons. The van der Waals surface area contributed by atoms with E-state index in [4.69, 9.17) is 9.84 Å². The zero-order chi connectivity index (χ0) is 12.1. The number of ether oxygens (including phenoxy) is 1. The van der Waals surface area contributed by atoms with Crippen molar-refractivity contribution in [1.82, 2.24) is 4.90 Å². The van der Waals surface area contributed by atoms with Crippen LogP contribution in [0.15, 0.2) is 30.3 Å². The Hall–Kier alpha value is -1.55. The van der Waals surface area contributed by atoms with Crippen molar-refractivity contribution in [3.8, 4) is 5.75 Å². The molecule has 1 aliphatic rings. The molecule has 1 aromatic rings. The van der Waals surface area contributed by atoms with E-state index >= 15 is 0 Å². The van der Waals surface area contributed by atoms with Gasteiger partial charge >= 0.3 is 6.09 Å². The lowest BCUT2D eigenvalue weighted by Crippen LogP contribution is -2.31. The van der Waals surface area contributed by atoms with E-state index in [0.717, 1.165) is 19.4 Å². The molecule has 1 saturated heterocycles. The van der Waals surface area contributed by atoms with Crippen LogP contribution in [0.25, 0.3) is 0 Å². The Balaban J connectivity index is 1.85. The molecule has 1 fully saturated rings. The molecule has 4 nitrogen and oxygen atoms in total. The second-order valence-corrected chi connectivity index (χ2v) is 4.29. The molecule has 2 rings (SSSR count). The third-order valence-corrected chi connectivity index (χ3v) is 3.03. The monoisotopic (exact) mass is 235 g/mol. The smallest absolute Gasteiger partial charge is 0.410 e. The van der Waals surface area contributed by atoms with Crippen molar-refractivity contribution in [3.05, 3.63) is 30.3 Å². The highest BCUT2D eigenvalue weighted by molar-refractivity contribution is 5.70. The summed E-state index contributed by atoms with van der Waals surface area (Å²) in [6.45, 7) is 1.59. The van der Waals surface area contributed by atoms with Gasteiger partial charge in [0.05, 0.1) is 0 Å². The second kappa shape index (κ2) is 5.68. The van der Waals surface area contributed by atoms with Crippen LogP contribution in [-0.4, -0.2) is 35.8 Å². The van der Waals surface area contributed by atoms with E-state index in [-0.39, 0.29) is 12.7 Å². The van der Waals surface area contributed by atoms with E-state index < -0.39 is 0 Å². The topological polar surface area (TPSA) is 49.8 Å². The first-order valence-electron chi connectivity index (χ1n) is 5.92. The average molecular weight is 235 g/mol. The van der Waals surface area contributed by atoms with Gasteiger partial charge in [-0.15, -0.1) is 0 Å². The van der Waals surface area contributed by atoms with Gasteiger partial charge in [-0.05, 0) is 30.9 Å². The Morgan fingerprint density at radius 1 is 1.41 bits per heavy atom. The third-order valence-electron chi connectivity index (χ3n) is 3.03. The van der Waals surface area contributed by atoms with Crippen molar-refractivity contribution < 1.29 is 14.6 Å². The third kappa shape index (κ3) is 3.20. The number of hydrogen-bond acceptors (Lipinski definition) is 3. The van der Waals surface area contributed by atoms with Gasteiger partial charge in [0.15, 0.2) is 0 Å². The molecule has 4 heteroatoms. The first kappa shape index (κ1) is 11.9. The van der Waals surface area contributed by atoms with Crippen molar-refractivity contribution >= 4 is 6.09 Å². The van der Waals surface area contributed by atoms with E-state index in [9.17, 15) is 4.79 Å². The molecule has 1 atom stereocenters. The molecule has 0 spiro atoms. The van der Waals surface area contributed by atoms with Crippen LogP contribution in [0.3, 0.4) is 0 Å². The highest BCUT2D eigenvalue weighted by atomic mass is 16.6. The van der Waals surface area contributed by atoms with Gasteiger partial charge in [0, 0.05) is 19.7 Å². The Morgan fingerprint density at radius 2 is 2.18 bits per heavy atom. The van der Waals surface area contributed by atoms with Gasteiger partial charge < -0.3 is 14.7 Å². The van der Waals surface area contributed by atoms with Crippen molar-refractivity contribution in [2.24, 2.45) is 5.92 Å². The summed E-state index contributed by atoms with van der Waals surface area (Å²) in [4.78, 5) is 13.5. The van der Waals surface area contributed by atoms with E-state index in [0.29, 0.717) is 18.2 Å². The Bertz CT molecular complexity index is 366. The first-order valence-corrected chi connectivity index (χ1v) is 5.92. The van der Waals surface area contributed by atoms with E-state index in [2.05, 4.69) is 0 Å². The van der Waals surface area contributed by atoms with E-state index in [1.807, 2.05) is 18.2 Å². The van der Waals surface area contributed by atoms with Crippen molar-refractivity contribution in [2.75, 3.05) is 19.7 Å². The van der Waals surface area contributed by atoms with E-state index in [1.54, 1.807) is 17.0 Å². The second-order valence-electron chi connectivity index (χ2n) is 4.29. The lowest BCUT2D eigenvalue weighted by molar-refractivity contribution is 0.159. The zero-order valence-corrected chi connectivity index (χ0v) is 9.71. The van der Waals surface area contributed by atoms with Crippen LogP contribution in [0.4, 0.5) is 4.79 Å². The molecular formula is C13H17NO3. The van der Waals surface area contributed by atoms with Gasteiger partial charge in [-0.1, -0.05) is 18.2 Å². The number of carbonyl (C=O) groups excluding carboxylic acids is 1. The van der Waals surface area contributed by atoms with Crippen LogP contribution in [0.5, 0.6) is 5.75 Å². The molecule has 17 heavy (non-hydrogen) atoms. The molecule has 0 aromatic heterocycles. The number of para-hydroxylation sites is 1. The summed E-state index contributed by atoms with van der Waals surface area (Å²) in [6.07, 6.45) is 1.41. The van der Waals surface area contributed by atoms with Gasteiger partial charge in [0.1, 0.15) is 5.75 Å². The van der Waals surface area contributed by atoms with Crippen LogP contribution in [0.2, 0.25) is 0 Å². The molecule has 92 valence electrons. The minimum absolute atomic E-state index is 0.187. The highest BCUT2D eigenvalue weighted by Gasteiger charge is 2.26. The molecular weight excluding hydrogens is 218 g/mol. The van der Waals surface area contributed by atoms with Crippen LogP contribution in [-0.2, 0) is 0 Å². The Labute approximate surface area is 101 Å². The molecule has 1 unspecified atom stereocenters. The predicted octanol–water partition coefficient (Wildman–Crippen LogP) is 1.89. The molecule has 0 saturated carbocycles. The number of aliphatic hydroxyl groups is 1. The van der Waals surface area contributed by atoms with Crippen LogP contribution in [0.1, 0.15) is 12.8 Å². The summed E-state index contributed by atoms with van der Waals surface area (Å²) in [5, 5.41) is 8.85. The first-order chi connectivity index (χ1) is 8.29. The number of nitrogens with zero attached hydrogens (tertiary/aromatic N) is 1. The molecule has 1 N–H and O–H groups in total. The van der Waals surface area contributed by atoms with Crippen LogP contribution >= 0.6 is 0 Å². The molecule has 1 heterocycles. The van der Waals surface area contributed by atoms with Gasteiger partial charge in [-0.3, -0.25) is 0 Å². The fourth-order valence-corrected chi connectivity index (χ4v) is 2.07. The summed E-state index contributed by atoms with van der Waals surface area (Å²) in [6, 6.07) is 9.07. The summed E-state index contributed by atoms with van der Waals surface area (Å²) < 4.78 is 5.25. The highest BCUT2D eigenvalue weighted by Crippen LogP contribution is 2.20. The molecule has 0 bridgehead atoms. The summed E-state index contributed by atoms with van der Waals surface area (Å²) in [5.74, 6) is 0.978. The number of rotatable bonds is 3. The number of aliphatic hydroxyl groups excluding tert-OH is 1. The summed E-state index contributed by atoms with van der Waals surface area (Å²) in [5.41, 5.74) is 0. The number of hydrogen-bond donors (Lipinski definition) is 1. The van der Waals surface area contributed by atoms with Gasteiger partial charge in [0.25, 0.3) is 0 Å². The largest absolute Gasteiger partial charge is 0.415 e. The zero-order valence-electron chi connectivity index (χ0n) is 9.71. The Morgan fingerprint density at radius 3 is 2.88 bits per heavy atom. The van der Waals surface area contributed by atoms with Gasteiger partial charge in [-0.2, -0.15) is 0 Å². The van der Waals surface area contributed by atoms with Gasteiger partial charge in [0.2, 0.25) is 0 Å². The SMILES string of the molecule is O=C(Oc1ccccc1)N1CCC(CCO)C1. The van der Waals surface area contributed by atoms with E-state index in [1.165, 1.54) is 0 Å². The fourth-order valence-electron chi connectivity index (χ4n) is 2.07. The van der Waals surface area contributed by atoms with Gasteiger partial charge in [-0.25, -0.2) is 4.79 Å². The van der Waals surface area contributed by atoms with Crippen molar-refractivity contribution in [2.45, 2.75) is 12.8 Å².